The third-order valence-electron chi connectivity index (χ3n) is 6.41. The topological polar surface area (TPSA) is 75.7 Å². The Labute approximate surface area is 200 Å². The van der Waals surface area contributed by atoms with Crippen molar-refractivity contribution in [1.29, 1.82) is 5.41 Å². The molecule has 2 aromatic heterocycles. The minimum absolute atomic E-state index is 0.0506. The van der Waals surface area contributed by atoms with Crippen LogP contribution < -0.4 is 10.9 Å². The van der Waals surface area contributed by atoms with E-state index in [1.807, 2.05) is 83.0 Å². The van der Waals surface area contributed by atoms with E-state index in [1.165, 1.54) is 0 Å². The molecule has 168 valence electrons. The van der Waals surface area contributed by atoms with E-state index in [1.54, 1.807) is 0 Å². The van der Waals surface area contributed by atoms with Crippen LogP contribution in [0.2, 0.25) is 5.02 Å². The maximum Gasteiger partial charge on any atom is 0.251 e. The molecule has 0 radical (unpaired) electrons. The first-order valence-corrected chi connectivity index (χ1v) is 11.6. The van der Waals surface area contributed by atoms with Crippen LogP contribution in [0.1, 0.15) is 23.2 Å². The molecule has 0 spiro atoms. The summed E-state index contributed by atoms with van der Waals surface area (Å²) >= 11 is 6.08. The number of halogens is 1. The predicted molar refractivity (Wildman–Crippen MR) is 134 cm³/mol. The lowest BCUT2D eigenvalue weighted by Crippen LogP contribution is -2.25. The number of pyridine rings is 1. The van der Waals surface area contributed by atoms with Gasteiger partial charge in [-0.25, -0.2) is 0 Å². The van der Waals surface area contributed by atoms with Crippen molar-refractivity contribution in [1.82, 2.24) is 19.4 Å². The van der Waals surface area contributed by atoms with Crippen molar-refractivity contribution in [2.45, 2.75) is 18.9 Å². The van der Waals surface area contributed by atoms with Gasteiger partial charge in [-0.05, 0) is 72.5 Å². The number of amides is 1. The number of imidazole rings is 1. The summed E-state index contributed by atoms with van der Waals surface area (Å²) in [7, 11) is 1.87. The van der Waals surface area contributed by atoms with Crippen molar-refractivity contribution in [2.75, 3.05) is 0 Å². The van der Waals surface area contributed by atoms with Crippen LogP contribution in [0.15, 0.2) is 72.9 Å². The van der Waals surface area contributed by atoms with Crippen molar-refractivity contribution in [3.05, 3.63) is 89.1 Å². The molecule has 34 heavy (non-hydrogen) atoms. The van der Waals surface area contributed by atoms with Gasteiger partial charge in [0.2, 0.25) is 5.62 Å². The first-order valence-electron chi connectivity index (χ1n) is 11.2. The number of rotatable bonds is 4. The fourth-order valence-electron chi connectivity index (χ4n) is 4.35. The summed E-state index contributed by atoms with van der Waals surface area (Å²) in [6.45, 7) is 0. The second kappa shape index (κ2) is 7.85. The van der Waals surface area contributed by atoms with Gasteiger partial charge in [-0.1, -0.05) is 29.8 Å². The number of hydrogen-bond donors (Lipinski definition) is 2. The van der Waals surface area contributed by atoms with Gasteiger partial charge >= 0.3 is 0 Å². The monoisotopic (exact) mass is 467 g/mol. The Hall–Kier alpha value is -3.90. The molecule has 1 aliphatic carbocycles. The van der Waals surface area contributed by atoms with Gasteiger partial charge in [0.15, 0.2) is 0 Å². The average molecular weight is 468 g/mol. The summed E-state index contributed by atoms with van der Waals surface area (Å²) < 4.78 is 3.73. The summed E-state index contributed by atoms with van der Waals surface area (Å²) in [5.41, 5.74) is 6.50. The van der Waals surface area contributed by atoms with Crippen LogP contribution >= 0.6 is 11.6 Å². The Balaban J connectivity index is 1.52. The van der Waals surface area contributed by atoms with Crippen molar-refractivity contribution in [3.63, 3.8) is 0 Å². The highest BCUT2D eigenvalue weighted by molar-refractivity contribution is 6.30. The lowest BCUT2D eigenvalue weighted by molar-refractivity contribution is 0.0951. The van der Waals surface area contributed by atoms with E-state index in [2.05, 4.69) is 16.4 Å². The van der Waals surface area contributed by atoms with Crippen LogP contribution in [0, 0.1) is 5.41 Å². The van der Waals surface area contributed by atoms with Crippen LogP contribution in [-0.2, 0) is 7.05 Å². The Kier molecular flexibility index (Phi) is 4.78. The Morgan fingerprint density at radius 2 is 1.74 bits per heavy atom. The van der Waals surface area contributed by atoms with E-state index in [-0.39, 0.29) is 5.91 Å². The molecule has 0 aliphatic heterocycles. The number of nitrogens with zero attached hydrogens (tertiary/aromatic N) is 3. The SMILES string of the molecule is Cn1c(=N)n(-c2ccc(C(=O)NC3CC3)cc2)c2c3cc(-c4ccc(Cl)cc4)ccc3ncc21. The highest BCUT2D eigenvalue weighted by atomic mass is 35.5. The second-order valence-corrected chi connectivity index (χ2v) is 9.18. The van der Waals surface area contributed by atoms with Crippen LogP contribution in [-0.4, -0.2) is 26.1 Å². The van der Waals surface area contributed by atoms with Gasteiger partial charge in [0, 0.05) is 34.7 Å². The highest BCUT2D eigenvalue weighted by Gasteiger charge is 2.24. The maximum absolute atomic E-state index is 12.4. The zero-order valence-corrected chi connectivity index (χ0v) is 19.3. The van der Waals surface area contributed by atoms with E-state index in [0.29, 0.717) is 22.2 Å². The Bertz CT molecular complexity index is 1630. The van der Waals surface area contributed by atoms with Gasteiger partial charge in [-0.15, -0.1) is 0 Å². The molecule has 5 aromatic rings. The van der Waals surface area contributed by atoms with E-state index in [0.717, 1.165) is 51.6 Å². The summed E-state index contributed by atoms with van der Waals surface area (Å²) in [6.07, 6.45) is 3.92. The summed E-state index contributed by atoms with van der Waals surface area (Å²) in [4.78, 5) is 17.1. The first kappa shape index (κ1) is 20.7. The lowest BCUT2D eigenvalue weighted by Gasteiger charge is -2.10. The number of aromatic nitrogens is 3. The minimum Gasteiger partial charge on any atom is -0.349 e. The van der Waals surface area contributed by atoms with Crippen molar-refractivity contribution in [3.8, 4) is 16.8 Å². The molecule has 1 saturated carbocycles. The van der Waals surface area contributed by atoms with E-state index in [4.69, 9.17) is 17.0 Å². The summed E-state index contributed by atoms with van der Waals surface area (Å²) in [6, 6.07) is 21.7. The molecule has 6 rings (SSSR count). The fourth-order valence-corrected chi connectivity index (χ4v) is 4.48. The van der Waals surface area contributed by atoms with Crippen molar-refractivity contribution in [2.24, 2.45) is 7.05 Å². The minimum atomic E-state index is -0.0506. The Morgan fingerprint density at radius 1 is 1.03 bits per heavy atom. The van der Waals surface area contributed by atoms with Gasteiger partial charge < -0.3 is 9.88 Å². The molecule has 2 N–H and O–H groups in total. The molecule has 0 atom stereocenters. The second-order valence-electron chi connectivity index (χ2n) is 8.74. The van der Waals surface area contributed by atoms with Gasteiger partial charge in [0.05, 0.1) is 22.7 Å². The van der Waals surface area contributed by atoms with Crippen LogP contribution in [0.5, 0.6) is 0 Å². The molecular weight excluding hydrogens is 446 g/mol. The van der Waals surface area contributed by atoms with Crippen LogP contribution in [0.3, 0.4) is 0 Å². The third kappa shape index (κ3) is 3.47. The molecule has 3 aromatic carbocycles. The zero-order chi connectivity index (χ0) is 23.4. The molecule has 0 saturated heterocycles. The van der Waals surface area contributed by atoms with Crippen LogP contribution in [0.4, 0.5) is 0 Å². The zero-order valence-electron chi connectivity index (χ0n) is 18.5. The van der Waals surface area contributed by atoms with E-state index in [9.17, 15) is 4.79 Å². The molecule has 1 amide bonds. The number of carbonyl (C=O) groups is 1. The van der Waals surface area contributed by atoms with Crippen molar-refractivity contribution >= 4 is 39.4 Å². The van der Waals surface area contributed by atoms with E-state index < -0.39 is 0 Å². The van der Waals surface area contributed by atoms with Gasteiger partial charge in [-0.3, -0.25) is 19.8 Å². The van der Waals surface area contributed by atoms with Gasteiger partial charge in [-0.2, -0.15) is 0 Å². The van der Waals surface area contributed by atoms with Crippen LogP contribution in [0.25, 0.3) is 38.8 Å². The smallest absolute Gasteiger partial charge is 0.251 e. The predicted octanol–water partition coefficient (Wildman–Crippen LogP) is 5.21. The largest absolute Gasteiger partial charge is 0.349 e. The van der Waals surface area contributed by atoms with Crippen molar-refractivity contribution < 1.29 is 4.79 Å². The summed E-state index contributed by atoms with van der Waals surface area (Å²) in [5, 5.41) is 13.5. The maximum atomic E-state index is 12.4. The number of benzene rings is 3. The fraction of sp³-hybridized carbons (Fsp3) is 0.148. The average Bonchev–Trinajstić information content (AvgIpc) is 3.64. The number of aryl methyl sites for hydroxylation is 1. The van der Waals surface area contributed by atoms with E-state index >= 15 is 0 Å². The standard InChI is InChI=1S/C27H22ClN5O/c1-32-24-15-30-23-13-6-18(16-2-7-19(28)8-3-16)14-22(23)25(24)33(27(32)29)21-11-4-17(5-12-21)26(34)31-20-9-10-20/h2-8,11-15,20,29H,9-10H2,1H3,(H,31,34). The molecule has 0 bridgehead atoms. The molecule has 1 fully saturated rings. The lowest BCUT2D eigenvalue weighted by atomic mass is 10.0. The highest BCUT2D eigenvalue weighted by Crippen LogP contribution is 2.30. The summed E-state index contributed by atoms with van der Waals surface area (Å²) in [5.74, 6) is -0.0506. The molecule has 2 heterocycles. The third-order valence-corrected chi connectivity index (χ3v) is 6.66. The van der Waals surface area contributed by atoms with Gasteiger partial charge in [0.25, 0.3) is 5.91 Å². The quantitative estimate of drug-likeness (QED) is 0.380. The molecule has 6 nitrogen and oxygen atoms in total. The normalized spacial score (nSPS) is 13.5. The molecule has 1 aliphatic rings. The molecular formula is C27H22ClN5O. The number of fused-ring (bicyclic) bond motifs is 3. The number of carbonyl (C=O) groups excluding carboxylic acids is 1. The van der Waals surface area contributed by atoms with Gasteiger partial charge in [0.1, 0.15) is 0 Å². The Morgan fingerprint density at radius 3 is 2.44 bits per heavy atom. The number of nitrogens with one attached hydrogen (secondary N) is 2. The first-order chi connectivity index (χ1) is 16.5. The molecule has 7 heteroatoms. The number of hydrogen-bond acceptors (Lipinski definition) is 3. The molecule has 0 unspecified atom stereocenters.